The van der Waals surface area contributed by atoms with E-state index >= 15 is 0 Å². The minimum Gasteiger partial charge on any atom is -0.496 e. The number of hydrogen-bond acceptors (Lipinski definition) is 6. The van der Waals surface area contributed by atoms with Crippen LogP contribution in [0.5, 0.6) is 5.75 Å². The molecule has 2 heterocycles. The first-order valence-corrected chi connectivity index (χ1v) is 12.4. The number of thiazole rings is 1. The molecule has 0 bridgehead atoms. The lowest BCUT2D eigenvalue weighted by Gasteiger charge is -2.38. The van der Waals surface area contributed by atoms with Crippen molar-refractivity contribution in [1.82, 2.24) is 9.88 Å². The monoisotopic (exact) mass is 486 g/mol. The van der Waals surface area contributed by atoms with Crippen molar-refractivity contribution >= 4 is 29.0 Å². The summed E-state index contributed by atoms with van der Waals surface area (Å²) in [5, 5.41) is 12.8. The molecule has 0 spiro atoms. The highest BCUT2D eigenvalue weighted by atomic mass is 32.1. The number of aromatic nitrogens is 1. The molecule has 1 aliphatic rings. The number of hydrogen-bond donors (Lipinski definition) is 1. The Morgan fingerprint density at radius 1 is 1.29 bits per heavy atom. The van der Waals surface area contributed by atoms with E-state index in [-0.39, 0.29) is 30.0 Å². The minimum absolute atomic E-state index is 0.00754. The molecule has 184 valence electrons. The number of carbonyl (C=O) groups is 3. The van der Waals surface area contributed by atoms with Gasteiger partial charge in [0.2, 0.25) is 0 Å². The number of ketones is 1. The van der Waals surface area contributed by atoms with Crippen LogP contribution >= 0.6 is 11.3 Å². The number of ether oxygens (including phenoxy) is 1. The van der Waals surface area contributed by atoms with Crippen LogP contribution in [0.4, 0.5) is 0 Å². The largest absolute Gasteiger partial charge is 0.496 e. The van der Waals surface area contributed by atoms with E-state index in [1.807, 2.05) is 19.9 Å². The maximum Gasteiger partial charge on any atom is 0.329 e. The first-order valence-electron chi connectivity index (χ1n) is 11.5. The molecule has 3 rings (SSSR count). The van der Waals surface area contributed by atoms with Gasteiger partial charge in [0, 0.05) is 23.1 Å². The molecule has 1 aromatic heterocycles. The van der Waals surface area contributed by atoms with E-state index in [2.05, 4.69) is 25.8 Å². The molecular formula is C26H34N2O5S. The second kappa shape index (κ2) is 9.49. The van der Waals surface area contributed by atoms with Crippen molar-refractivity contribution in [2.75, 3.05) is 7.11 Å². The van der Waals surface area contributed by atoms with Crippen LogP contribution in [-0.2, 0) is 15.0 Å². The molecular weight excluding hydrogens is 452 g/mol. The molecule has 2 unspecified atom stereocenters. The number of carbonyl (C=O) groups excluding carboxylic acids is 2. The second-order valence-electron chi connectivity index (χ2n) is 10.5. The van der Waals surface area contributed by atoms with Gasteiger partial charge >= 0.3 is 5.97 Å². The topological polar surface area (TPSA) is 96.8 Å². The zero-order valence-corrected chi connectivity index (χ0v) is 21.7. The van der Waals surface area contributed by atoms with Gasteiger partial charge in [0.25, 0.3) is 5.91 Å². The quantitative estimate of drug-likeness (QED) is 0.584. The van der Waals surface area contributed by atoms with Crippen LogP contribution in [0.1, 0.15) is 81.4 Å². The molecule has 0 radical (unpaired) electrons. The fraction of sp³-hybridized carbons (Fsp3) is 0.538. The summed E-state index contributed by atoms with van der Waals surface area (Å²) in [6.45, 7) is 11.5. The molecule has 8 heteroatoms. The van der Waals surface area contributed by atoms with Crippen LogP contribution in [0, 0.1) is 11.8 Å². The average Bonchev–Trinajstić information content (AvgIpc) is 3.38. The fourth-order valence-electron chi connectivity index (χ4n) is 5.09. The number of nitrogens with zero attached hydrogens (tertiary/aromatic N) is 2. The number of benzene rings is 1. The maximum atomic E-state index is 14.1. The SMILES string of the molecule is COc1cc(C(=O)N2[C@@H](c3nccs3)C(C(C)=O)CC2(CC(C)C)C(=O)O)ccc1C(C)(C)C. The van der Waals surface area contributed by atoms with Gasteiger partial charge in [-0.25, -0.2) is 9.78 Å². The molecule has 34 heavy (non-hydrogen) atoms. The summed E-state index contributed by atoms with van der Waals surface area (Å²) in [6, 6.07) is 4.50. The van der Waals surface area contributed by atoms with Crippen LogP contribution in [0.15, 0.2) is 29.8 Å². The van der Waals surface area contributed by atoms with Gasteiger partial charge in [-0.2, -0.15) is 0 Å². The Morgan fingerprint density at radius 2 is 1.97 bits per heavy atom. The predicted molar refractivity (Wildman–Crippen MR) is 131 cm³/mol. The van der Waals surface area contributed by atoms with Gasteiger partial charge < -0.3 is 14.7 Å². The van der Waals surface area contributed by atoms with Crippen LogP contribution in [0.25, 0.3) is 0 Å². The standard InChI is InChI=1S/C26H34N2O5S/c1-15(2)13-26(24(31)32)14-18(16(3)29)21(22-27-10-11-34-22)28(26)23(30)17-8-9-19(25(4,5)6)20(12-17)33-7/h8-12,15,18,21H,13-14H2,1-7H3,(H,31,32)/t18?,21-,26?/m1/s1. The molecule has 1 aromatic carbocycles. The van der Waals surface area contributed by atoms with Crippen molar-refractivity contribution in [3.8, 4) is 5.75 Å². The van der Waals surface area contributed by atoms with Crippen molar-refractivity contribution < 1.29 is 24.2 Å². The Balaban J connectivity index is 2.23. The van der Waals surface area contributed by atoms with Crippen molar-refractivity contribution in [1.29, 1.82) is 0 Å². The van der Waals surface area contributed by atoms with Crippen molar-refractivity contribution in [3.63, 3.8) is 0 Å². The highest BCUT2D eigenvalue weighted by Crippen LogP contribution is 2.51. The van der Waals surface area contributed by atoms with Crippen molar-refractivity contribution in [2.24, 2.45) is 11.8 Å². The third-order valence-corrected chi connectivity index (χ3v) is 7.37. The number of methoxy groups -OCH3 is 1. The Hall–Kier alpha value is -2.74. The summed E-state index contributed by atoms with van der Waals surface area (Å²) in [4.78, 5) is 45.5. The predicted octanol–water partition coefficient (Wildman–Crippen LogP) is 5.11. The summed E-state index contributed by atoms with van der Waals surface area (Å²) < 4.78 is 5.60. The van der Waals surface area contributed by atoms with E-state index in [1.165, 1.54) is 23.2 Å². The Morgan fingerprint density at radius 3 is 2.44 bits per heavy atom. The van der Waals surface area contributed by atoms with Gasteiger partial charge in [0.15, 0.2) is 0 Å². The molecule has 0 saturated carbocycles. The van der Waals surface area contributed by atoms with Gasteiger partial charge in [-0.1, -0.05) is 40.7 Å². The summed E-state index contributed by atoms with van der Waals surface area (Å²) in [5.41, 5.74) is -0.456. The van der Waals surface area contributed by atoms with E-state index in [9.17, 15) is 19.5 Å². The fourth-order valence-corrected chi connectivity index (χ4v) is 5.88. The molecule has 7 nitrogen and oxygen atoms in total. The average molecular weight is 487 g/mol. The molecule has 1 N–H and O–H groups in total. The third kappa shape index (κ3) is 4.60. The number of likely N-dealkylation sites (tertiary alicyclic amines) is 1. The summed E-state index contributed by atoms with van der Waals surface area (Å²) in [5.74, 6) is -1.78. The van der Waals surface area contributed by atoms with Crippen LogP contribution in [-0.4, -0.2) is 45.3 Å². The number of rotatable bonds is 7. The lowest BCUT2D eigenvalue weighted by atomic mass is 9.82. The summed E-state index contributed by atoms with van der Waals surface area (Å²) in [6.07, 6.45) is 1.91. The van der Waals surface area contributed by atoms with Crippen LogP contribution in [0.3, 0.4) is 0 Å². The Bertz CT molecular complexity index is 1070. The Labute approximate surface area is 205 Å². The van der Waals surface area contributed by atoms with Crippen molar-refractivity contribution in [2.45, 2.75) is 71.4 Å². The van der Waals surface area contributed by atoms with E-state index in [1.54, 1.807) is 30.8 Å². The first kappa shape index (κ1) is 25.9. The maximum absolute atomic E-state index is 14.1. The zero-order chi connectivity index (χ0) is 25.4. The molecule has 0 aliphatic carbocycles. The number of aliphatic carboxylic acids is 1. The van der Waals surface area contributed by atoms with E-state index in [0.29, 0.717) is 16.3 Å². The molecule has 1 saturated heterocycles. The smallest absolute Gasteiger partial charge is 0.329 e. The normalized spacial score (nSPS) is 22.8. The number of carboxylic acids is 1. The summed E-state index contributed by atoms with van der Waals surface area (Å²) in [7, 11) is 1.55. The lowest BCUT2D eigenvalue weighted by molar-refractivity contribution is -0.150. The molecule has 3 atom stereocenters. The van der Waals surface area contributed by atoms with Crippen LogP contribution < -0.4 is 4.74 Å². The number of amides is 1. The molecule has 1 fully saturated rings. The highest BCUT2D eigenvalue weighted by molar-refractivity contribution is 7.09. The second-order valence-corrected chi connectivity index (χ2v) is 11.4. The van der Waals surface area contributed by atoms with E-state index in [4.69, 9.17) is 4.74 Å². The van der Waals surface area contributed by atoms with Gasteiger partial charge in [0.1, 0.15) is 22.1 Å². The Kier molecular flexibility index (Phi) is 7.22. The lowest BCUT2D eigenvalue weighted by Crippen LogP contribution is -2.54. The molecule has 2 aromatic rings. The zero-order valence-electron chi connectivity index (χ0n) is 20.9. The first-order chi connectivity index (χ1) is 15.8. The van der Waals surface area contributed by atoms with Gasteiger partial charge in [-0.15, -0.1) is 11.3 Å². The molecule has 1 amide bonds. The van der Waals surface area contributed by atoms with Gasteiger partial charge in [0.05, 0.1) is 13.2 Å². The number of carboxylic acid groups (broad SMARTS) is 1. The van der Waals surface area contributed by atoms with Gasteiger partial charge in [-0.3, -0.25) is 9.59 Å². The van der Waals surface area contributed by atoms with Crippen LogP contribution in [0.2, 0.25) is 0 Å². The number of Topliss-reactive ketones (excluding diaryl/α,β-unsaturated/α-hetero) is 1. The van der Waals surface area contributed by atoms with Crippen molar-refractivity contribution in [3.05, 3.63) is 45.9 Å². The highest BCUT2D eigenvalue weighted by Gasteiger charge is 2.60. The summed E-state index contributed by atoms with van der Waals surface area (Å²) >= 11 is 1.33. The third-order valence-electron chi connectivity index (χ3n) is 6.52. The van der Waals surface area contributed by atoms with E-state index < -0.39 is 29.4 Å². The minimum atomic E-state index is -1.52. The van der Waals surface area contributed by atoms with Gasteiger partial charge in [-0.05, 0) is 48.8 Å². The molecule has 1 aliphatic heterocycles. The van der Waals surface area contributed by atoms with E-state index in [0.717, 1.165) is 5.56 Å².